The van der Waals surface area contributed by atoms with Gasteiger partial charge in [0.15, 0.2) is 0 Å². The number of hydrogen-bond donors (Lipinski definition) is 1. The van der Waals surface area contributed by atoms with E-state index >= 15 is 0 Å². The summed E-state index contributed by atoms with van der Waals surface area (Å²) in [7, 11) is 0. The van der Waals surface area contributed by atoms with Crippen LogP contribution in [-0.2, 0) is 11.2 Å². The van der Waals surface area contributed by atoms with Crippen LogP contribution in [0.3, 0.4) is 0 Å². The molecule has 1 heterocycles. The minimum atomic E-state index is -0.244. The normalized spacial score (nSPS) is 22.6. The van der Waals surface area contributed by atoms with Crippen molar-refractivity contribution in [2.45, 2.75) is 45.6 Å². The number of benzene rings is 2. The first-order valence-electron chi connectivity index (χ1n) is 11.3. The van der Waals surface area contributed by atoms with Gasteiger partial charge in [-0.3, -0.25) is 4.79 Å². The van der Waals surface area contributed by atoms with Gasteiger partial charge in [-0.15, -0.1) is 0 Å². The van der Waals surface area contributed by atoms with Crippen LogP contribution in [0, 0.1) is 17.2 Å². The van der Waals surface area contributed by atoms with E-state index < -0.39 is 0 Å². The highest BCUT2D eigenvalue weighted by atomic mass is 19.1. The quantitative estimate of drug-likeness (QED) is 0.571. The van der Waals surface area contributed by atoms with E-state index in [0.29, 0.717) is 5.92 Å². The van der Waals surface area contributed by atoms with Gasteiger partial charge < -0.3 is 5.32 Å². The number of nitrogens with zero attached hydrogens (tertiary/aromatic N) is 2. The highest BCUT2D eigenvalue weighted by molar-refractivity contribution is 5.73. The Bertz CT molecular complexity index is 1170. The summed E-state index contributed by atoms with van der Waals surface area (Å²) in [6.45, 7) is 3.96. The summed E-state index contributed by atoms with van der Waals surface area (Å²) in [6.07, 6.45) is 8.26. The topological polar surface area (TPSA) is 46.9 Å². The van der Waals surface area contributed by atoms with Crippen LogP contribution in [0.25, 0.3) is 11.8 Å². The number of carbonyl (C=O) groups excluding carboxylic acids is 1. The van der Waals surface area contributed by atoms with Crippen LogP contribution in [-0.4, -0.2) is 15.7 Å². The molecule has 0 saturated heterocycles. The minimum Gasteiger partial charge on any atom is -0.350 e. The Kier molecular flexibility index (Phi) is 5.20. The lowest BCUT2D eigenvalue weighted by Crippen LogP contribution is -2.34. The Labute approximate surface area is 188 Å². The zero-order valence-electron chi connectivity index (χ0n) is 18.5. The molecule has 5 heteroatoms. The standard InChI is InChI=1S/C27H28FN3O/c1-18(32)30-25(19-6-4-3-5-7-19)14-21-8-9-22-15-26-20(16-27(21,22)2)17-29-31(26)24-12-10-23(28)11-13-24/h3-7,10-13,15,17,21,25H,8-9,14,16H2,1-2H3,(H,30,32). The Hall–Kier alpha value is -3.21. The average molecular weight is 430 g/mol. The molecule has 5 rings (SSSR count). The Morgan fingerprint density at radius 3 is 2.69 bits per heavy atom. The summed E-state index contributed by atoms with van der Waals surface area (Å²) in [5.41, 5.74) is 5.86. The van der Waals surface area contributed by atoms with Crippen molar-refractivity contribution in [1.29, 1.82) is 0 Å². The monoisotopic (exact) mass is 429 g/mol. The lowest BCUT2D eigenvalue weighted by Gasteiger charge is -2.37. The molecular formula is C27H28FN3O. The average Bonchev–Trinajstić information content (AvgIpc) is 3.32. The maximum Gasteiger partial charge on any atom is 0.217 e. The van der Waals surface area contributed by atoms with Crippen molar-refractivity contribution in [3.8, 4) is 5.69 Å². The van der Waals surface area contributed by atoms with Gasteiger partial charge in [-0.05, 0) is 78.5 Å². The molecule has 1 saturated carbocycles. The van der Waals surface area contributed by atoms with Crippen LogP contribution in [0.4, 0.5) is 4.39 Å². The highest BCUT2D eigenvalue weighted by Gasteiger charge is 2.46. The van der Waals surface area contributed by atoms with Crippen LogP contribution >= 0.6 is 0 Å². The molecule has 4 nitrogen and oxygen atoms in total. The van der Waals surface area contributed by atoms with E-state index in [2.05, 4.69) is 35.5 Å². The maximum atomic E-state index is 13.4. The molecule has 2 aliphatic carbocycles. The molecule has 0 aliphatic heterocycles. The third-order valence-electron chi connectivity index (χ3n) is 7.32. The summed E-state index contributed by atoms with van der Waals surface area (Å²) in [5, 5.41) is 7.80. The lowest BCUT2D eigenvalue weighted by atomic mass is 9.68. The SMILES string of the molecule is CC(=O)NC(CC1CCC2=Cc3c(cnn3-c3ccc(F)cc3)CC21C)c1ccccc1. The van der Waals surface area contributed by atoms with Crippen molar-refractivity contribution >= 4 is 12.0 Å². The minimum absolute atomic E-state index is 0.00396. The molecule has 0 spiro atoms. The van der Waals surface area contributed by atoms with Crippen LogP contribution < -0.4 is 5.32 Å². The smallest absolute Gasteiger partial charge is 0.217 e. The molecule has 32 heavy (non-hydrogen) atoms. The number of fused-ring (bicyclic) bond motifs is 2. The van der Waals surface area contributed by atoms with E-state index in [4.69, 9.17) is 0 Å². The summed E-state index contributed by atoms with van der Waals surface area (Å²) < 4.78 is 15.3. The molecular weight excluding hydrogens is 401 g/mol. The van der Waals surface area contributed by atoms with Gasteiger partial charge in [0.25, 0.3) is 0 Å². The summed E-state index contributed by atoms with van der Waals surface area (Å²) in [4.78, 5) is 11.9. The van der Waals surface area contributed by atoms with E-state index in [1.54, 1.807) is 19.1 Å². The van der Waals surface area contributed by atoms with Gasteiger partial charge in [-0.25, -0.2) is 9.07 Å². The van der Waals surface area contributed by atoms with Crippen LogP contribution in [0.1, 0.15) is 56.0 Å². The number of nitrogens with one attached hydrogen (secondary N) is 1. The summed E-state index contributed by atoms with van der Waals surface area (Å²) >= 11 is 0. The first kappa shape index (κ1) is 20.7. The van der Waals surface area contributed by atoms with Crippen molar-refractivity contribution < 1.29 is 9.18 Å². The van der Waals surface area contributed by atoms with E-state index in [1.165, 1.54) is 23.3 Å². The van der Waals surface area contributed by atoms with E-state index in [0.717, 1.165) is 42.6 Å². The summed E-state index contributed by atoms with van der Waals surface area (Å²) in [5.74, 6) is 0.226. The van der Waals surface area contributed by atoms with Gasteiger partial charge in [0, 0.05) is 6.92 Å². The molecule has 1 N–H and O–H groups in total. The molecule has 3 atom stereocenters. The first-order chi connectivity index (χ1) is 15.4. The van der Waals surface area contributed by atoms with Gasteiger partial charge in [0.1, 0.15) is 5.82 Å². The van der Waals surface area contributed by atoms with Gasteiger partial charge in [-0.1, -0.05) is 42.8 Å². The fourth-order valence-electron chi connectivity index (χ4n) is 5.59. The molecule has 2 aromatic carbocycles. The van der Waals surface area contributed by atoms with Gasteiger partial charge in [0.2, 0.25) is 5.91 Å². The fourth-order valence-corrected chi connectivity index (χ4v) is 5.59. The van der Waals surface area contributed by atoms with E-state index in [1.807, 2.05) is 29.1 Å². The fraction of sp³-hybridized carbons (Fsp3) is 0.333. The largest absolute Gasteiger partial charge is 0.350 e. The molecule has 3 unspecified atom stereocenters. The number of allylic oxidation sites excluding steroid dienone is 1. The van der Waals surface area contributed by atoms with Crippen molar-refractivity contribution in [3.63, 3.8) is 0 Å². The number of carbonyl (C=O) groups is 1. The predicted octanol–water partition coefficient (Wildman–Crippen LogP) is 5.63. The van der Waals surface area contributed by atoms with Gasteiger partial charge in [-0.2, -0.15) is 5.10 Å². The Balaban J connectivity index is 1.43. The third kappa shape index (κ3) is 3.66. The second-order valence-electron chi connectivity index (χ2n) is 9.34. The Morgan fingerprint density at radius 1 is 1.22 bits per heavy atom. The second-order valence-corrected chi connectivity index (χ2v) is 9.34. The van der Waals surface area contributed by atoms with Crippen LogP contribution in [0.15, 0.2) is 66.4 Å². The molecule has 3 aromatic rings. The maximum absolute atomic E-state index is 13.4. The lowest BCUT2D eigenvalue weighted by molar-refractivity contribution is -0.119. The van der Waals surface area contributed by atoms with Crippen LogP contribution in [0.2, 0.25) is 0 Å². The van der Waals surface area contributed by atoms with Crippen molar-refractivity contribution in [2.24, 2.45) is 11.3 Å². The number of hydrogen-bond acceptors (Lipinski definition) is 2. The highest BCUT2D eigenvalue weighted by Crippen LogP contribution is 2.55. The zero-order chi connectivity index (χ0) is 22.3. The number of halogens is 1. The Morgan fingerprint density at radius 2 is 1.97 bits per heavy atom. The predicted molar refractivity (Wildman–Crippen MR) is 124 cm³/mol. The number of aromatic nitrogens is 2. The molecule has 1 aromatic heterocycles. The number of rotatable bonds is 5. The van der Waals surface area contributed by atoms with Crippen LogP contribution in [0.5, 0.6) is 0 Å². The molecule has 1 fully saturated rings. The van der Waals surface area contributed by atoms with Crippen molar-refractivity contribution in [2.75, 3.05) is 0 Å². The van der Waals surface area contributed by atoms with Crippen molar-refractivity contribution in [3.05, 3.63) is 89.0 Å². The van der Waals surface area contributed by atoms with Gasteiger partial charge >= 0.3 is 0 Å². The molecule has 164 valence electrons. The first-order valence-corrected chi connectivity index (χ1v) is 11.3. The molecule has 0 bridgehead atoms. The summed E-state index contributed by atoms with van der Waals surface area (Å²) in [6, 6.07) is 16.8. The van der Waals surface area contributed by atoms with Gasteiger partial charge in [0.05, 0.1) is 23.6 Å². The van der Waals surface area contributed by atoms with E-state index in [9.17, 15) is 9.18 Å². The van der Waals surface area contributed by atoms with Crippen molar-refractivity contribution in [1.82, 2.24) is 15.1 Å². The van der Waals surface area contributed by atoms with E-state index in [-0.39, 0.29) is 23.2 Å². The second kappa shape index (κ2) is 8.05. The molecule has 1 amide bonds. The third-order valence-corrected chi connectivity index (χ3v) is 7.32. The number of amides is 1. The molecule has 0 radical (unpaired) electrons. The zero-order valence-corrected chi connectivity index (χ0v) is 18.5. The molecule has 2 aliphatic rings.